The molecule has 0 saturated carbocycles. The minimum atomic E-state index is -3.48. The number of amides is 1. The molecule has 346 valence electrons. The summed E-state index contributed by atoms with van der Waals surface area (Å²) < 4.78 is 31.5. The molecule has 0 aromatic heterocycles. The molecule has 1 amide bonds. The summed E-state index contributed by atoms with van der Waals surface area (Å²) in [4.78, 5) is 38.4. The van der Waals surface area contributed by atoms with Crippen molar-refractivity contribution in [1.82, 2.24) is 5.32 Å². The highest BCUT2D eigenvalue weighted by molar-refractivity contribution is 6.99. The van der Waals surface area contributed by atoms with Crippen LogP contribution in [0.15, 0.2) is 134 Å². The van der Waals surface area contributed by atoms with Crippen LogP contribution >= 0.6 is 0 Å². The predicted molar refractivity (Wildman–Crippen MR) is 252 cm³/mol. The molecule has 64 heavy (non-hydrogen) atoms. The molecule has 4 aromatic rings. The first-order chi connectivity index (χ1) is 30.5. The van der Waals surface area contributed by atoms with Crippen molar-refractivity contribution in [1.29, 1.82) is 0 Å². The normalized spacial score (nSPS) is 26.9. The average molecular weight is 914 g/mol. The Morgan fingerprint density at radius 2 is 1.06 bits per heavy atom. The number of rotatable bonds is 19. The van der Waals surface area contributed by atoms with E-state index in [9.17, 15) is 29.7 Å². The van der Waals surface area contributed by atoms with Gasteiger partial charge in [0, 0.05) is 14.0 Å². The van der Waals surface area contributed by atoms with Crippen LogP contribution in [0.4, 0.5) is 0 Å². The molecule has 6 N–H and O–H groups in total. The summed E-state index contributed by atoms with van der Waals surface area (Å²) in [5.74, 6) is -0.436. The van der Waals surface area contributed by atoms with E-state index < -0.39 is 94.0 Å². The summed E-state index contributed by atoms with van der Waals surface area (Å²) in [7, 11) is -5.52. The SMILES string of the molecule is C=CCOC1OC(CCC(C)(C)[Si](O)(c2ccccc2)c2ccccc2)[C@@H](O[C@@H]2OC(CCC(C)(C)[Si](O)(c3ccccc3)c3ccccc3)[C@H](O)C(OC)[C@@H]2O)[C@H](O)[C@@H]1NC(C)=O. The van der Waals surface area contributed by atoms with Crippen LogP contribution in [-0.4, -0.2) is 123 Å². The third kappa shape index (κ3) is 10.2. The Morgan fingerprint density at radius 1 is 0.656 bits per heavy atom. The summed E-state index contributed by atoms with van der Waals surface area (Å²) in [5.41, 5.74) is 0. The van der Waals surface area contributed by atoms with E-state index in [4.69, 9.17) is 23.7 Å². The van der Waals surface area contributed by atoms with E-state index in [-0.39, 0.29) is 19.4 Å². The molecule has 10 atom stereocenters. The summed E-state index contributed by atoms with van der Waals surface area (Å²) >= 11 is 0. The first-order valence-electron chi connectivity index (χ1n) is 22.2. The highest BCUT2D eigenvalue weighted by Gasteiger charge is 2.55. The maximum atomic E-state index is 13.0. The number of hydrogen-bond donors (Lipinski definition) is 6. The van der Waals surface area contributed by atoms with Gasteiger partial charge in [0.25, 0.3) is 16.6 Å². The zero-order chi connectivity index (χ0) is 46.3. The van der Waals surface area contributed by atoms with Gasteiger partial charge in [-0.1, -0.05) is 155 Å². The smallest absolute Gasteiger partial charge is 0.258 e. The second-order valence-electron chi connectivity index (χ2n) is 18.4. The number of carbonyl (C=O) groups excluding carboxylic acids is 1. The summed E-state index contributed by atoms with van der Waals surface area (Å²) in [6, 6.07) is 37.6. The van der Waals surface area contributed by atoms with Crippen molar-refractivity contribution in [3.8, 4) is 0 Å². The average Bonchev–Trinajstić information content (AvgIpc) is 3.30. The van der Waals surface area contributed by atoms with Gasteiger partial charge in [-0.15, -0.1) is 6.58 Å². The molecule has 0 radical (unpaired) electrons. The zero-order valence-corrected chi connectivity index (χ0v) is 39.8. The Labute approximate surface area is 380 Å². The topological polar surface area (TPSA) is 176 Å². The van der Waals surface area contributed by atoms with Gasteiger partial charge in [0.2, 0.25) is 5.91 Å². The van der Waals surface area contributed by atoms with Crippen LogP contribution in [0, 0.1) is 0 Å². The molecule has 6 rings (SSSR count). The maximum absolute atomic E-state index is 13.0. The molecule has 0 bridgehead atoms. The van der Waals surface area contributed by atoms with Gasteiger partial charge in [-0.2, -0.15) is 0 Å². The quantitative estimate of drug-likeness (QED) is 0.0602. The third-order valence-electron chi connectivity index (χ3n) is 13.5. The number of benzene rings is 4. The van der Waals surface area contributed by atoms with E-state index in [2.05, 4.69) is 11.9 Å². The van der Waals surface area contributed by atoms with Gasteiger partial charge in [0.05, 0.1) is 18.8 Å². The summed E-state index contributed by atoms with van der Waals surface area (Å²) in [6.07, 6.45) is -8.06. The number of aliphatic hydroxyl groups is 3. The minimum Gasteiger partial charge on any atom is -0.424 e. The Bertz CT molecular complexity index is 2000. The monoisotopic (exact) mass is 913 g/mol. The molecule has 4 aromatic carbocycles. The van der Waals surface area contributed by atoms with Crippen LogP contribution in [0.1, 0.15) is 60.3 Å². The summed E-state index contributed by atoms with van der Waals surface area (Å²) in [6.45, 7) is 13.3. The first kappa shape index (κ1) is 49.6. The number of nitrogens with one attached hydrogen (secondary N) is 1. The standard InChI is InChI=1S/C50H67NO11Si2/c1-8-33-59-47-41(51-34(2)52)43(54)45(40(61-47)30-32-50(5,6)64(57,37-25-17-11-18-26-37)38-27-19-12-20-28-38)62-48-44(55)46(58-7)42(53)39(60-48)29-31-49(3,4)63(56,35-21-13-9-14-22-35)36-23-15-10-16-24-36/h8-28,39-48,53-57H,1,29-33H2,2-7H3,(H,51,52)/t39?,40?,41-,42-,43+,44-,45+,46?,47?,48-/m0/s1. The van der Waals surface area contributed by atoms with Gasteiger partial charge in [-0.3, -0.25) is 4.79 Å². The molecule has 4 unspecified atom stereocenters. The number of ether oxygens (including phenoxy) is 5. The molecule has 2 heterocycles. The van der Waals surface area contributed by atoms with Crippen LogP contribution in [0.5, 0.6) is 0 Å². The van der Waals surface area contributed by atoms with Gasteiger partial charge in [0.1, 0.15) is 36.6 Å². The highest BCUT2D eigenvalue weighted by Crippen LogP contribution is 2.44. The third-order valence-corrected chi connectivity index (χ3v) is 22.6. The second kappa shape index (κ2) is 21.2. The largest absolute Gasteiger partial charge is 0.424 e. The number of aliphatic hydroxyl groups excluding tert-OH is 3. The van der Waals surface area contributed by atoms with E-state index in [1.807, 2.05) is 149 Å². The second-order valence-corrected chi connectivity index (χ2v) is 26.3. The molecule has 12 nitrogen and oxygen atoms in total. The molecular weight excluding hydrogens is 847 g/mol. The van der Waals surface area contributed by atoms with Gasteiger partial charge in [-0.25, -0.2) is 0 Å². The molecule has 2 fully saturated rings. The van der Waals surface area contributed by atoms with E-state index >= 15 is 0 Å². The van der Waals surface area contributed by atoms with Gasteiger partial charge >= 0.3 is 0 Å². The Balaban J connectivity index is 1.30. The Morgan fingerprint density at radius 3 is 1.45 bits per heavy atom. The van der Waals surface area contributed by atoms with Crippen LogP contribution < -0.4 is 26.1 Å². The Hall–Kier alpha value is -3.88. The van der Waals surface area contributed by atoms with Crippen LogP contribution in [-0.2, 0) is 28.5 Å². The van der Waals surface area contributed by atoms with E-state index in [1.165, 1.54) is 14.0 Å². The van der Waals surface area contributed by atoms with Gasteiger partial charge in [-0.05, 0) is 56.5 Å². The molecule has 2 aliphatic rings. The molecule has 0 spiro atoms. The minimum absolute atomic E-state index is 0.0638. The molecule has 2 aliphatic heterocycles. The lowest BCUT2D eigenvalue weighted by molar-refractivity contribution is -0.346. The van der Waals surface area contributed by atoms with E-state index in [0.717, 1.165) is 20.7 Å². The van der Waals surface area contributed by atoms with Crippen molar-refractivity contribution >= 4 is 43.3 Å². The lowest BCUT2D eigenvalue weighted by Crippen LogP contribution is -2.68. The van der Waals surface area contributed by atoms with Crippen molar-refractivity contribution in [2.24, 2.45) is 0 Å². The van der Waals surface area contributed by atoms with Crippen LogP contribution in [0.2, 0.25) is 10.1 Å². The predicted octanol–water partition coefficient (Wildman–Crippen LogP) is 3.25. The number of methoxy groups -OCH3 is 1. The lowest BCUT2D eigenvalue weighted by atomic mass is 9.90. The van der Waals surface area contributed by atoms with Crippen LogP contribution in [0.25, 0.3) is 0 Å². The number of hydrogen-bond acceptors (Lipinski definition) is 11. The van der Waals surface area contributed by atoms with Crippen molar-refractivity contribution < 1.29 is 53.4 Å². The summed E-state index contributed by atoms with van der Waals surface area (Å²) in [5, 5.41) is 40.4. The lowest BCUT2D eigenvalue weighted by Gasteiger charge is -2.49. The molecule has 2 saturated heterocycles. The fourth-order valence-corrected chi connectivity index (χ4v) is 17.2. The van der Waals surface area contributed by atoms with E-state index in [1.54, 1.807) is 6.08 Å². The zero-order valence-electron chi connectivity index (χ0n) is 37.8. The highest BCUT2D eigenvalue weighted by atomic mass is 28.4. The van der Waals surface area contributed by atoms with Crippen molar-refractivity contribution in [2.75, 3.05) is 13.7 Å². The fraction of sp³-hybridized carbons (Fsp3) is 0.460. The van der Waals surface area contributed by atoms with Crippen molar-refractivity contribution in [2.45, 2.75) is 132 Å². The molecule has 0 aliphatic carbocycles. The maximum Gasteiger partial charge on any atom is 0.258 e. The molecular formula is C50H67NO11Si2. The van der Waals surface area contributed by atoms with Crippen molar-refractivity contribution in [3.05, 3.63) is 134 Å². The first-order valence-corrected chi connectivity index (χ1v) is 26.1. The van der Waals surface area contributed by atoms with Crippen LogP contribution in [0.3, 0.4) is 0 Å². The van der Waals surface area contributed by atoms with E-state index in [0.29, 0.717) is 12.8 Å². The Kier molecular flexibility index (Phi) is 16.4. The number of carbonyl (C=O) groups is 1. The van der Waals surface area contributed by atoms with Crippen molar-refractivity contribution in [3.63, 3.8) is 0 Å². The van der Waals surface area contributed by atoms with Gasteiger partial charge in [0.15, 0.2) is 12.6 Å². The fourth-order valence-electron chi connectivity index (χ4n) is 9.68. The van der Waals surface area contributed by atoms with Gasteiger partial charge < -0.3 is 53.9 Å². The molecule has 14 heteroatoms.